The number of pyridine rings is 3. The first-order valence-electron chi connectivity index (χ1n) is 21.4. The number of benzene rings is 7. The van der Waals surface area contributed by atoms with Crippen molar-refractivity contribution < 1.29 is 0 Å². The molecule has 0 saturated carbocycles. The van der Waals surface area contributed by atoms with Crippen LogP contribution in [0.4, 0.5) is 5.69 Å². The highest BCUT2D eigenvalue weighted by molar-refractivity contribution is 5.98. The lowest BCUT2D eigenvalue weighted by Crippen LogP contribution is -2.13. The predicted octanol–water partition coefficient (Wildman–Crippen LogP) is 13.7. The maximum Gasteiger partial charge on any atom is 0.164 e. The van der Waals surface area contributed by atoms with Crippen molar-refractivity contribution in [1.29, 1.82) is 0 Å². The summed E-state index contributed by atoms with van der Waals surface area (Å²) in [5.41, 5.74) is 14.6. The predicted molar refractivity (Wildman–Crippen MR) is 260 cm³/mol. The SMILES string of the molecule is C1=CC(c2ccc3ccc(-c4ccc5ccc(-c6cccc(-c7nc(-c8ccccc8)nc(-c8ccccc8)n7)c6)nc5c4)nc3c2)Nc2c1ccc1ccc(-c3ccccc3)nc21. The van der Waals surface area contributed by atoms with E-state index < -0.39 is 0 Å². The van der Waals surface area contributed by atoms with Gasteiger partial charge in [-0.2, -0.15) is 0 Å². The molecule has 11 aromatic rings. The Kier molecular flexibility index (Phi) is 9.08. The Morgan fingerprint density at radius 3 is 1.52 bits per heavy atom. The zero-order valence-electron chi connectivity index (χ0n) is 34.5. The van der Waals surface area contributed by atoms with Gasteiger partial charge in [-0.1, -0.05) is 176 Å². The summed E-state index contributed by atoms with van der Waals surface area (Å²) in [6.07, 6.45) is 4.42. The zero-order chi connectivity index (χ0) is 42.4. The van der Waals surface area contributed by atoms with Gasteiger partial charge in [0, 0.05) is 49.5 Å². The third-order valence-electron chi connectivity index (χ3n) is 11.9. The van der Waals surface area contributed by atoms with E-state index in [9.17, 15) is 0 Å². The molecule has 5 heterocycles. The van der Waals surface area contributed by atoms with Gasteiger partial charge in [0.25, 0.3) is 0 Å². The second-order valence-corrected chi connectivity index (χ2v) is 16.0. The molecule has 0 bridgehead atoms. The normalized spacial score (nSPS) is 13.2. The number of hydrogen-bond acceptors (Lipinski definition) is 7. The van der Waals surface area contributed by atoms with Crippen molar-refractivity contribution in [3.8, 4) is 67.9 Å². The standard InChI is InChI=1S/C57H37N7/c1-4-11-36(12-5-1)47-31-27-39-21-22-40-28-32-50(61-54(40)53(39)60-47)45-24-20-38-26-30-49(59-52(38)35-45)44-23-19-37-25-29-48(58-51(37)34-44)43-17-10-18-46(33-43)57-63-55(41-13-6-2-7-14-41)62-56(64-57)42-15-8-3-9-16-42/h1-35,50,61H. The molecule has 0 aliphatic carbocycles. The molecule has 7 aromatic carbocycles. The Labute approximate surface area is 369 Å². The number of rotatable bonds is 7. The quantitative estimate of drug-likeness (QED) is 0.171. The minimum atomic E-state index is -0.0427. The van der Waals surface area contributed by atoms with Crippen LogP contribution in [0.5, 0.6) is 0 Å². The second kappa shape index (κ2) is 15.7. The van der Waals surface area contributed by atoms with Crippen LogP contribution < -0.4 is 5.32 Å². The highest BCUT2D eigenvalue weighted by Gasteiger charge is 2.19. The van der Waals surface area contributed by atoms with Crippen LogP contribution in [0.15, 0.2) is 206 Å². The number of nitrogens with zero attached hydrogens (tertiary/aromatic N) is 6. The average molecular weight is 820 g/mol. The number of fused-ring (bicyclic) bond motifs is 5. The van der Waals surface area contributed by atoms with Gasteiger partial charge in [-0.3, -0.25) is 0 Å². The summed E-state index contributed by atoms with van der Waals surface area (Å²) >= 11 is 0. The van der Waals surface area contributed by atoms with E-state index in [4.69, 9.17) is 29.9 Å². The smallest absolute Gasteiger partial charge is 0.164 e. The molecule has 300 valence electrons. The molecule has 4 aromatic heterocycles. The summed E-state index contributed by atoms with van der Waals surface area (Å²) in [5.74, 6) is 1.86. The van der Waals surface area contributed by atoms with E-state index in [1.54, 1.807) is 0 Å². The monoisotopic (exact) mass is 819 g/mol. The lowest BCUT2D eigenvalue weighted by molar-refractivity contribution is 0.983. The van der Waals surface area contributed by atoms with Gasteiger partial charge in [0.2, 0.25) is 0 Å². The first-order valence-corrected chi connectivity index (χ1v) is 21.4. The molecule has 1 atom stereocenters. The van der Waals surface area contributed by atoms with Gasteiger partial charge >= 0.3 is 0 Å². The number of hydrogen-bond donors (Lipinski definition) is 1. The van der Waals surface area contributed by atoms with Gasteiger partial charge in [-0.25, -0.2) is 29.9 Å². The summed E-state index contributed by atoms with van der Waals surface area (Å²) in [6, 6.07) is 68.6. The van der Waals surface area contributed by atoms with Crippen molar-refractivity contribution >= 4 is 44.5 Å². The fourth-order valence-corrected chi connectivity index (χ4v) is 8.54. The van der Waals surface area contributed by atoms with Crippen LogP contribution in [-0.2, 0) is 0 Å². The van der Waals surface area contributed by atoms with E-state index in [1.165, 1.54) is 0 Å². The molecule has 0 amide bonds. The minimum absolute atomic E-state index is 0.0427. The zero-order valence-corrected chi connectivity index (χ0v) is 34.5. The van der Waals surface area contributed by atoms with Gasteiger partial charge in [-0.05, 0) is 47.5 Å². The molecule has 0 fully saturated rings. The molecule has 1 unspecified atom stereocenters. The third-order valence-corrected chi connectivity index (χ3v) is 11.9. The second-order valence-electron chi connectivity index (χ2n) is 16.0. The Morgan fingerprint density at radius 2 is 0.844 bits per heavy atom. The van der Waals surface area contributed by atoms with E-state index in [2.05, 4.69) is 139 Å². The first kappa shape index (κ1) is 37.1. The van der Waals surface area contributed by atoms with Crippen molar-refractivity contribution in [3.05, 3.63) is 217 Å². The summed E-state index contributed by atoms with van der Waals surface area (Å²) in [4.78, 5) is 30.3. The fraction of sp³-hybridized carbons (Fsp3) is 0.0175. The van der Waals surface area contributed by atoms with Crippen molar-refractivity contribution in [1.82, 2.24) is 29.9 Å². The molecule has 64 heavy (non-hydrogen) atoms. The topological polar surface area (TPSA) is 89.4 Å². The van der Waals surface area contributed by atoms with Crippen molar-refractivity contribution in [2.24, 2.45) is 0 Å². The van der Waals surface area contributed by atoms with Gasteiger partial charge in [0.15, 0.2) is 17.5 Å². The van der Waals surface area contributed by atoms with Crippen LogP contribution in [0.3, 0.4) is 0 Å². The summed E-state index contributed by atoms with van der Waals surface area (Å²) in [7, 11) is 0. The highest BCUT2D eigenvalue weighted by atomic mass is 15.0. The van der Waals surface area contributed by atoms with Crippen LogP contribution in [0.25, 0.3) is 107 Å². The Hall–Kier alpha value is -8.68. The summed E-state index contributed by atoms with van der Waals surface area (Å²) in [6.45, 7) is 0. The maximum absolute atomic E-state index is 5.22. The van der Waals surface area contributed by atoms with Gasteiger partial charge in [0.1, 0.15) is 0 Å². The van der Waals surface area contributed by atoms with Crippen LogP contribution in [-0.4, -0.2) is 29.9 Å². The Morgan fingerprint density at radius 1 is 0.344 bits per heavy atom. The lowest BCUT2D eigenvalue weighted by atomic mass is 9.97. The van der Waals surface area contributed by atoms with Gasteiger partial charge < -0.3 is 5.32 Å². The van der Waals surface area contributed by atoms with Crippen LogP contribution in [0.2, 0.25) is 0 Å². The molecule has 0 radical (unpaired) electrons. The molecule has 12 rings (SSSR count). The van der Waals surface area contributed by atoms with E-state index >= 15 is 0 Å². The van der Waals surface area contributed by atoms with Crippen LogP contribution in [0.1, 0.15) is 17.2 Å². The molecule has 1 aliphatic heterocycles. The molecule has 0 spiro atoms. The van der Waals surface area contributed by atoms with E-state index in [-0.39, 0.29) is 6.04 Å². The average Bonchev–Trinajstić information content (AvgIpc) is 3.38. The summed E-state index contributed by atoms with van der Waals surface area (Å²) < 4.78 is 0. The number of aromatic nitrogens is 6. The van der Waals surface area contributed by atoms with Crippen molar-refractivity contribution in [2.75, 3.05) is 5.32 Å². The highest BCUT2D eigenvalue weighted by Crippen LogP contribution is 2.37. The van der Waals surface area contributed by atoms with Crippen molar-refractivity contribution in [3.63, 3.8) is 0 Å². The maximum atomic E-state index is 5.22. The molecular formula is C57H37N7. The Balaban J connectivity index is 0.851. The molecule has 1 aliphatic rings. The Bertz CT molecular complexity index is 3530. The van der Waals surface area contributed by atoms with E-state index in [1.807, 2.05) is 78.9 Å². The number of anilines is 1. The van der Waals surface area contributed by atoms with Gasteiger partial charge in [-0.15, -0.1) is 0 Å². The van der Waals surface area contributed by atoms with E-state index in [0.29, 0.717) is 17.5 Å². The van der Waals surface area contributed by atoms with Gasteiger partial charge in [0.05, 0.1) is 45.4 Å². The van der Waals surface area contributed by atoms with Crippen LogP contribution >= 0.6 is 0 Å². The number of nitrogens with one attached hydrogen (secondary N) is 1. The third kappa shape index (κ3) is 7.01. The minimum Gasteiger partial charge on any atom is -0.372 e. The molecule has 0 saturated heterocycles. The lowest BCUT2D eigenvalue weighted by Gasteiger charge is -2.24. The summed E-state index contributed by atoms with van der Waals surface area (Å²) in [5, 5.41) is 7.06. The van der Waals surface area contributed by atoms with Crippen molar-refractivity contribution in [2.45, 2.75) is 6.04 Å². The van der Waals surface area contributed by atoms with E-state index in [0.717, 1.165) is 100.0 Å². The molecule has 7 nitrogen and oxygen atoms in total. The molecule has 1 N–H and O–H groups in total. The molecule has 7 heteroatoms. The fourth-order valence-electron chi connectivity index (χ4n) is 8.54. The molecular weight excluding hydrogens is 783 g/mol. The van der Waals surface area contributed by atoms with Crippen LogP contribution in [0, 0.1) is 0 Å². The largest absolute Gasteiger partial charge is 0.372 e. The first-order chi connectivity index (χ1) is 31.6.